The molecule has 0 aromatic rings. The van der Waals surface area contributed by atoms with Crippen molar-refractivity contribution >= 4 is 37.7 Å². The molecule has 0 aromatic heterocycles. The van der Waals surface area contributed by atoms with Crippen molar-refractivity contribution in [3.05, 3.63) is 0 Å². The minimum Gasteiger partial charge on any atom is -1.00 e. The van der Waals surface area contributed by atoms with Crippen LogP contribution in [0.5, 0.6) is 0 Å². The Kier molecular flexibility index (Phi) is 27.2. The van der Waals surface area contributed by atoms with Gasteiger partial charge in [-0.1, -0.05) is 0 Å². The summed E-state index contributed by atoms with van der Waals surface area (Å²) in [7, 11) is 0. The molecule has 0 aliphatic carbocycles. The molecule has 0 aliphatic heterocycles. The number of rotatable bonds is 0. The Morgan fingerprint density at radius 1 is 1.17 bits per heavy atom. The van der Waals surface area contributed by atoms with Crippen LogP contribution in [-0.2, 0) is 0 Å². The van der Waals surface area contributed by atoms with Crippen LogP contribution in [0.15, 0.2) is 0 Å². The van der Waals surface area contributed by atoms with E-state index in [4.69, 9.17) is 0 Å². The molecular weight excluding hydrogens is 256 g/mol. The zero-order valence-electron chi connectivity index (χ0n) is 4.75. The third-order valence-corrected chi connectivity index (χ3v) is 0. The molecule has 0 saturated carbocycles. The zero-order chi connectivity index (χ0) is 3.58. The van der Waals surface area contributed by atoms with Gasteiger partial charge in [0.05, 0.1) is 0 Å². The van der Waals surface area contributed by atoms with Crippen molar-refractivity contribution in [1.82, 2.24) is 0 Å². The number of hydrogen-bond donors (Lipinski definition) is 0. The Labute approximate surface area is 84.1 Å². The van der Waals surface area contributed by atoms with Gasteiger partial charge in [-0.15, -0.1) is 0 Å². The zero-order valence-corrected chi connectivity index (χ0v) is 8.10. The monoisotopic (exact) mass is 259 g/mol. The minimum atomic E-state index is -5.16. The Hall–Kier alpha value is 2.36. The smallest absolute Gasteiger partial charge is 1.00 e. The predicted octanol–water partition coefficient (Wildman–Crippen LogP) is 1.26. The first-order valence-electron chi connectivity index (χ1n) is 0.567. The summed E-state index contributed by atoms with van der Waals surface area (Å²) in [6, 6.07) is 0. The van der Waals surface area contributed by atoms with Crippen LogP contribution >= 0.6 is 0 Å². The molecule has 0 N–H and O–H groups in total. The van der Waals surface area contributed by atoms with E-state index in [2.05, 4.69) is 0 Å². The van der Waals surface area contributed by atoms with Crippen LogP contribution in [0.3, 0.4) is 0 Å². The largest absolute Gasteiger partial charge is 1.00 e. The molecule has 0 fully saturated rings. The van der Waals surface area contributed by atoms with Crippen molar-refractivity contribution in [2.45, 2.75) is 0 Å². The van der Waals surface area contributed by atoms with E-state index < -0.39 is 37.9 Å². The maximum absolute atomic E-state index is 9.88. The molecule has 0 bridgehead atoms. The first kappa shape index (κ1) is 15.8. The van der Waals surface area contributed by atoms with Crippen LogP contribution in [-0.4, -0.2) is 37.7 Å². The first-order chi connectivity index (χ1) is 1.73. The van der Waals surface area contributed by atoms with Gasteiger partial charge in [0.15, 0.2) is 0 Å². The van der Waals surface area contributed by atoms with Gasteiger partial charge in [-0.05, 0) is 0 Å². The van der Waals surface area contributed by atoms with Gasteiger partial charge in [0.2, 0.25) is 0 Å². The standard InChI is InChI=1S/Ca.Ce.4FH.2H/h;;4*1H;;/q+2;+3;;;;;2*-1/p-3. The van der Waals surface area contributed by atoms with E-state index in [9.17, 15) is 2.73 Å². The summed E-state index contributed by atoms with van der Waals surface area (Å²) >= 11 is -5.16. The van der Waals surface area contributed by atoms with Crippen molar-refractivity contribution in [1.29, 1.82) is 0 Å². The molecule has 0 amide bonds. The minimum absolute atomic E-state index is 0. The fraction of sp³-hybridized carbons (Fsp3) is 0. The average molecular weight is 259 g/mol. The molecule has 0 heterocycles. The molecule has 0 radical (unpaired) electrons. The molecule has 6 heavy (non-hydrogen) atoms. The number of hydrogen-bond acceptors (Lipinski definition) is 0. The van der Waals surface area contributed by atoms with E-state index in [1.54, 1.807) is 0 Å². The van der Waals surface area contributed by atoms with Gasteiger partial charge in [-0.2, -0.15) is 0 Å². The second-order valence-corrected chi connectivity index (χ2v) is 1.56. The van der Waals surface area contributed by atoms with Gasteiger partial charge in [-0.25, -0.2) is 0 Å². The van der Waals surface area contributed by atoms with Crippen LogP contribution in [0.4, 0.5) is 7.43 Å². The Morgan fingerprint density at radius 2 is 1.17 bits per heavy atom. The number of halogens is 4. The molecule has 0 aromatic carbocycles. The Balaban J connectivity index is -0.00000000750. The average Bonchev–Trinajstić information content (AvgIpc) is 0.811. The topological polar surface area (TPSA) is 0 Å². The Bertz CT molecular complexity index is 18.8. The molecule has 0 nitrogen and oxygen atoms in total. The normalized spacial score (nSPS) is 4.50. The van der Waals surface area contributed by atoms with Gasteiger partial charge in [-0.3, -0.25) is 4.70 Å². The van der Waals surface area contributed by atoms with Crippen molar-refractivity contribution in [2.24, 2.45) is 0 Å². The summed E-state index contributed by atoms with van der Waals surface area (Å²) in [5.74, 6) is 0. The molecule has 6 heteroatoms. The molecular formula is H3CaCeF4. The van der Waals surface area contributed by atoms with Crippen molar-refractivity contribution < 1.29 is 48.2 Å². The van der Waals surface area contributed by atoms with Gasteiger partial charge < -0.3 is 2.85 Å². The Morgan fingerprint density at radius 3 is 1.17 bits per heavy atom. The maximum atomic E-state index is 9.88. The molecule has 37 valence electrons. The molecule has 0 saturated heterocycles. The van der Waals surface area contributed by atoms with E-state index >= 15 is 0 Å². The quantitative estimate of drug-likeness (QED) is 0.454. The summed E-state index contributed by atoms with van der Waals surface area (Å²) in [6.07, 6.45) is 0. The van der Waals surface area contributed by atoms with E-state index in [-0.39, 0.29) is 45.3 Å². The van der Waals surface area contributed by atoms with Crippen LogP contribution < -0.4 is 0 Å². The van der Waals surface area contributed by atoms with Gasteiger partial charge in [0, 0.05) is 0 Å². The van der Waals surface area contributed by atoms with Crippen LogP contribution in [0.25, 0.3) is 0 Å². The third kappa shape index (κ3) is 32.8. The first-order valence-corrected chi connectivity index (χ1v) is 4.13. The summed E-state index contributed by atoms with van der Waals surface area (Å²) in [5, 5.41) is 0. The van der Waals surface area contributed by atoms with E-state index in [1.807, 2.05) is 0 Å². The fourth-order valence-corrected chi connectivity index (χ4v) is 0. The molecule has 0 rings (SSSR count). The van der Waals surface area contributed by atoms with Crippen LogP contribution in [0.1, 0.15) is 2.85 Å². The third-order valence-electron chi connectivity index (χ3n) is 0. The second-order valence-electron chi connectivity index (χ2n) is 0.214. The van der Waals surface area contributed by atoms with Crippen molar-refractivity contribution in [2.75, 3.05) is 0 Å². The predicted molar refractivity (Wildman–Crippen MR) is 13.8 cm³/mol. The van der Waals surface area contributed by atoms with Gasteiger partial charge in [0.1, 0.15) is 0 Å². The van der Waals surface area contributed by atoms with Crippen LogP contribution in [0.2, 0.25) is 0 Å². The summed E-state index contributed by atoms with van der Waals surface area (Å²) < 4.78 is 29.6. The maximum Gasteiger partial charge on any atom is -1.00 e. The van der Waals surface area contributed by atoms with E-state index in [0.717, 1.165) is 0 Å². The van der Waals surface area contributed by atoms with Gasteiger partial charge in [0.25, 0.3) is 0 Å². The summed E-state index contributed by atoms with van der Waals surface area (Å²) in [5.41, 5.74) is 0. The molecule has 0 aliphatic rings. The summed E-state index contributed by atoms with van der Waals surface area (Å²) in [6.45, 7) is 0. The SMILES string of the molecule is F.[Ca+2].[F][Ce]([F])[F].[H-].[H-]. The fourth-order valence-electron chi connectivity index (χ4n) is 0. The van der Waals surface area contributed by atoms with Gasteiger partial charge >= 0.3 is 78.4 Å². The van der Waals surface area contributed by atoms with E-state index in [1.165, 1.54) is 0 Å². The molecule has 0 unspecified atom stereocenters. The van der Waals surface area contributed by atoms with Crippen molar-refractivity contribution in [3.8, 4) is 0 Å². The van der Waals surface area contributed by atoms with E-state index in [0.29, 0.717) is 0 Å². The van der Waals surface area contributed by atoms with Crippen molar-refractivity contribution in [3.63, 3.8) is 0 Å². The van der Waals surface area contributed by atoms with Crippen LogP contribution in [0, 0.1) is 37.9 Å². The molecule has 0 spiro atoms. The summed E-state index contributed by atoms with van der Waals surface area (Å²) in [4.78, 5) is 0. The second kappa shape index (κ2) is 10.4. The molecule has 0 atom stereocenters.